The zero-order valence-electron chi connectivity index (χ0n) is 12.4. The average Bonchev–Trinajstić information content (AvgIpc) is 2.44. The summed E-state index contributed by atoms with van der Waals surface area (Å²) in [4.78, 5) is 0.869. The smallest absolute Gasteiger partial charge is 0.137 e. The van der Waals surface area contributed by atoms with Gasteiger partial charge in [0.25, 0.3) is 0 Å². The molecule has 0 bridgehead atoms. The second-order valence-electron chi connectivity index (χ2n) is 6.48. The first-order valence-electron chi connectivity index (χ1n) is 7.82. The summed E-state index contributed by atoms with van der Waals surface area (Å²) >= 11 is 1.67. The zero-order chi connectivity index (χ0) is 14.1. The van der Waals surface area contributed by atoms with Crippen molar-refractivity contribution in [2.45, 2.75) is 56.5 Å². The summed E-state index contributed by atoms with van der Waals surface area (Å²) in [6.07, 6.45) is 4.95. The van der Waals surface area contributed by atoms with E-state index in [9.17, 15) is 4.39 Å². The first kappa shape index (κ1) is 14.4. The Morgan fingerprint density at radius 1 is 1.15 bits per heavy atom. The second-order valence-corrected chi connectivity index (χ2v) is 7.58. The van der Waals surface area contributed by atoms with Crippen LogP contribution in [0.5, 0.6) is 0 Å². The summed E-state index contributed by atoms with van der Waals surface area (Å²) in [6, 6.07) is 6.47. The quantitative estimate of drug-likeness (QED) is 0.842. The van der Waals surface area contributed by atoms with E-state index < -0.39 is 0 Å². The molecule has 0 aromatic heterocycles. The van der Waals surface area contributed by atoms with Gasteiger partial charge in [0, 0.05) is 17.0 Å². The highest BCUT2D eigenvalue weighted by molar-refractivity contribution is 7.99. The highest BCUT2D eigenvalue weighted by atomic mass is 32.2. The van der Waals surface area contributed by atoms with E-state index in [1.165, 1.54) is 24.8 Å². The van der Waals surface area contributed by atoms with Crippen LogP contribution in [0.15, 0.2) is 23.1 Å². The first-order chi connectivity index (χ1) is 9.65. The number of nitrogens with one attached hydrogen (secondary N) is 1. The molecule has 2 aliphatic rings. The standard InChI is InChI=1S/C17H24FNS/c1-11-6-7-13(10-12(11)2)19-16-8-9-20-17-14(16)4-3-5-15(17)18/h3-5,11-13,16,19H,6-10H2,1-2H3. The zero-order valence-corrected chi connectivity index (χ0v) is 13.2. The van der Waals surface area contributed by atoms with Crippen LogP contribution < -0.4 is 5.32 Å². The van der Waals surface area contributed by atoms with Crippen molar-refractivity contribution in [3.8, 4) is 0 Å². The van der Waals surface area contributed by atoms with E-state index in [4.69, 9.17) is 0 Å². The molecule has 20 heavy (non-hydrogen) atoms. The highest BCUT2D eigenvalue weighted by Gasteiger charge is 2.29. The van der Waals surface area contributed by atoms with Gasteiger partial charge in [0.1, 0.15) is 5.82 Å². The Hall–Kier alpha value is -0.540. The number of thioether (sulfide) groups is 1. The second kappa shape index (κ2) is 6.07. The molecule has 1 nitrogen and oxygen atoms in total. The highest BCUT2D eigenvalue weighted by Crippen LogP contribution is 2.39. The number of benzene rings is 1. The van der Waals surface area contributed by atoms with Gasteiger partial charge in [-0.25, -0.2) is 4.39 Å². The molecular weight excluding hydrogens is 269 g/mol. The van der Waals surface area contributed by atoms with E-state index in [0.29, 0.717) is 12.1 Å². The van der Waals surface area contributed by atoms with Gasteiger partial charge in [0.15, 0.2) is 0 Å². The Balaban J connectivity index is 1.72. The topological polar surface area (TPSA) is 12.0 Å². The predicted octanol–water partition coefficient (Wildman–Crippen LogP) is 4.78. The van der Waals surface area contributed by atoms with Crippen LogP contribution >= 0.6 is 11.8 Å². The molecule has 1 aromatic rings. The lowest BCUT2D eigenvalue weighted by atomic mass is 9.79. The molecule has 0 spiro atoms. The van der Waals surface area contributed by atoms with Crippen molar-refractivity contribution in [3.63, 3.8) is 0 Å². The molecule has 4 atom stereocenters. The fourth-order valence-corrected chi connectivity index (χ4v) is 4.68. The largest absolute Gasteiger partial charge is 0.307 e. The molecule has 4 unspecified atom stereocenters. The van der Waals surface area contributed by atoms with Crippen molar-refractivity contribution in [1.82, 2.24) is 5.32 Å². The fraction of sp³-hybridized carbons (Fsp3) is 0.647. The predicted molar refractivity (Wildman–Crippen MR) is 83.6 cm³/mol. The minimum Gasteiger partial charge on any atom is -0.307 e. The third-order valence-corrected chi connectivity index (χ3v) is 6.22. The Morgan fingerprint density at radius 2 is 2.00 bits per heavy atom. The molecule has 1 fully saturated rings. The molecule has 1 N–H and O–H groups in total. The summed E-state index contributed by atoms with van der Waals surface area (Å²) in [7, 11) is 0. The van der Waals surface area contributed by atoms with Crippen LogP contribution in [0.3, 0.4) is 0 Å². The average molecular weight is 293 g/mol. The molecule has 3 rings (SSSR count). The SMILES string of the molecule is CC1CCC(NC2CCSc3c(F)cccc32)CC1C. The van der Waals surface area contributed by atoms with Crippen LogP contribution in [0.4, 0.5) is 4.39 Å². The van der Waals surface area contributed by atoms with Crippen LogP contribution in [-0.2, 0) is 0 Å². The van der Waals surface area contributed by atoms with Gasteiger partial charge in [-0.3, -0.25) is 0 Å². The normalized spacial score (nSPS) is 33.8. The Bertz CT molecular complexity index is 476. The van der Waals surface area contributed by atoms with E-state index in [-0.39, 0.29) is 5.82 Å². The third kappa shape index (κ3) is 2.89. The maximum Gasteiger partial charge on any atom is 0.137 e. The molecule has 0 saturated heterocycles. The van der Waals surface area contributed by atoms with Crippen LogP contribution in [0.2, 0.25) is 0 Å². The van der Waals surface area contributed by atoms with Crippen LogP contribution in [0.1, 0.15) is 51.1 Å². The minimum atomic E-state index is -0.0513. The summed E-state index contributed by atoms with van der Waals surface area (Å²) in [5.41, 5.74) is 1.17. The summed E-state index contributed by atoms with van der Waals surface area (Å²) in [6.45, 7) is 4.73. The van der Waals surface area contributed by atoms with Crippen LogP contribution in [-0.4, -0.2) is 11.8 Å². The first-order valence-corrected chi connectivity index (χ1v) is 8.81. The van der Waals surface area contributed by atoms with E-state index in [0.717, 1.165) is 28.9 Å². The molecule has 0 radical (unpaired) electrons. The van der Waals surface area contributed by atoms with E-state index >= 15 is 0 Å². The number of rotatable bonds is 2. The Kier molecular flexibility index (Phi) is 4.37. The molecule has 3 heteroatoms. The summed E-state index contributed by atoms with van der Waals surface area (Å²) in [5, 5.41) is 3.81. The van der Waals surface area contributed by atoms with Crippen LogP contribution in [0, 0.1) is 17.7 Å². The van der Waals surface area contributed by atoms with E-state index in [2.05, 4.69) is 25.2 Å². The minimum absolute atomic E-state index is 0.0513. The van der Waals surface area contributed by atoms with Gasteiger partial charge < -0.3 is 5.32 Å². The Labute approximate surface area is 125 Å². The molecule has 110 valence electrons. The summed E-state index contributed by atoms with van der Waals surface area (Å²) in [5.74, 6) is 2.61. The maximum atomic E-state index is 13.9. The van der Waals surface area contributed by atoms with Gasteiger partial charge in [-0.05, 0) is 54.9 Å². The molecular formula is C17H24FNS. The molecule has 1 aliphatic heterocycles. The molecule has 1 aliphatic carbocycles. The van der Waals surface area contributed by atoms with E-state index in [1.807, 2.05) is 6.07 Å². The van der Waals surface area contributed by atoms with Crippen molar-refractivity contribution in [3.05, 3.63) is 29.6 Å². The van der Waals surface area contributed by atoms with Gasteiger partial charge in [0.05, 0.1) is 0 Å². The summed E-state index contributed by atoms with van der Waals surface area (Å²) < 4.78 is 13.9. The Morgan fingerprint density at radius 3 is 2.80 bits per heavy atom. The number of hydrogen-bond donors (Lipinski definition) is 1. The number of halogens is 1. The van der Waals surface area contributed by atoms with Crippen molar-refractivity contribution in [2.24, 2.45) is 11.8 Å². The van der Waals surface area contributed by atoms with Crippen molar-refractivity contribution >= 4 is 11.8 Å². The number of fused-ring (bicyclic) bond motifs is 1. The fourth-order valence-electron chi connectivity index (χ4n) is 3.54. The van der Waals surface area contributed by atoms with Gasteiger partial charge in [-0.1, -0.05) is 26.0 Å². The van der Waals surface area contributed by atoms with Crippen molar-refractivity contribution < 1.29 is 4.39 Å². The van der Waals surface area contributed by atoms with Gasteiger partial charge >= 0.3 is 0 Å². The lowest BCUT2D eigenvalue weighted by Crippen LogP contribution is -2.39. The van der Waals surface area contributed by atoms with Crippen molar-refractivity contribution in [2.75, 3.05) is 5.75 Å². The lowest BCUT2D eigenvalue weighted by molar-refractivity contribution is 0.213. The van der Waals surface area contributed by atoms with Crippen molar-refractivity contribution in [1.29, 1.82) is 0 Å². The molecule has 1 aromatic carbocycles. The molecule has 0 amide bonds. The van der Waals surface area contributed by atoms with Gasteiger partial charge in [-0.15, -0.1) is 11.8 Å². The third-order valence-electron chi connectivity index (χ3n) is 5.06. The lowest BCUT2D eigenvalue weighted by Gasteiger charge is -2.36. The maximum absolute atomic E-state index is 13.9. The van der Waals surface area contributed by atoms with Crippen LogP contribution in [0.25, 0.3) is 0 Å². The molecule has 1 saturated carbocycles. The van der Waals surface area contributed by atoms with Gasteiger partial charge in [-0.2, -0.15) is 0 Å². The molecule has 1 heterocycles. The monoisotopic (exact) mass is 293 g/mol. The number of hydrogen-bond acceptors (Lipinski definition) is 2. The van der Waals surface area contributed by atoms with Gasteiger partial charge in [0.2, 0.25) is 0 Å². The van der Waals surface area contributed by atoms with E-state index in [1.54, 1.807) is 17.8 Å².